The molecule has 0 bridgehead atoms. The van der Waals surface area contributed by atoms with Gasteiger partial charge in [0.25, 0.3) is 0 Å². The largest absolute Gasteiger partial charge is 0.411 e. The Morgan fingerprint density at radius 3 is 3.08 bits per heavy atom. The summed E-state index contributed by atoms with van der Waals surface area (Å²) in [5.41, 5.74) is 2.66. The predicted octanol–water partition coefficient (Wildman–Crippen LogP) is 1.45. The molecule has 0 aromatic carbocycles. The van der Waals surface area contributed by atoms with E-state index in [-0.39, 0.29) is 0 Å². The number of pyridine rings is 1. The topological polar surface area (TPSA) is 49.9 Å². The molecular weight excluding hydrogens is 166 g/mol. The van der Waals surface area contributed by atoms with E-state index in [2.05, 4.69) is 10.1 Å². The van der Waals surface area contributed by atoms with Crippen molar-refractivity contribution >= 4 is 11.9 Å². The van der Waals surface area contributed by atoms with E-state index in [0.29, 0.717) is 5.69 Å². The SMILES string of the molecule is Cc1ccc2nc(C=NO)cn2c1. The minimum atomic E-state index is 0.646. The van der Waals surface area contributed by atoms with Gasteiger partial charge in [0.15, 0.2) is 0 Å². The lowest BCUT2D eigenvalue weighted by Crippen LogP contribution is -1.82. The third-order valence-electron chi connectivity index (χ3n) is 1.81. The molecule has 0 saturated heterocycles. The Balaban J connectivity index is 2.62. The second-order valence-corrected chi connectivity index (χ2v) is 2.88. The number of nitrogens with zero attached hydrogens (tertiary/aromatic N) is 3. The summed E-state index contributed by atoms with van der Waals surface area (Å²) in [6.07, 6.45) is 5.08. The van der Waals surface area contributed by atoms with E-state index in [1.54, 1.807) is 0 Å². The molecule has 4 nitrogen and oxygen atoms in total. The fourth-order valence-electron chi connectivity index (χ4n) is 1.24. The van der Waals surface area contributed by atoms with Gasteiger partial charge in [0.2, 0.25) is 0 Å². The fraction of sp³-hybridized carbons (Fsp3) is 0.111. The number of hydrogen-bond donors (Lipinski definition) is 1. The molecule has 0 unspecified atom stereocenters. The van der Waals surface area contributed by atoms with Crippen LogP contribution in [-0.4, -0.2) is 20.8 Å². The van der Waals surface area contributed by atoms with Gasteiger partial charge in [-0.25, -0.2) is 4.98 Å². The van der Waals surface area contributed by atoms with Crippen molar-refractivity contribution in [2.45, 2.75) is 6.92 Å². The maximum atomic E-state index is 8.32. The Labute approximate surface area is 75.1 Å². The highest BCUT2D eigenvalue weighted by molar-refractivity contribution is 5.77. The predicted molar refractivity (Wildman–Crippen MR) is 49.3 cm³/mol. The quantitative estimate of drug-likeness (QED) is 0.405. The molecule has 0 amide bonds. The number of aromatic nitrogens is 2. The van der Waals surface area contributed by atoms with Crippen LogP contribution in [0, 0.1) is 6.92 Å². The van der Waals surface area contributed by atoms with Gasteiger partial charge in [-0.3, -0.25) is 0 Å². The van der Waals surface area contributed by atoms with E-state index in [0.717, 1.165) is 11.2 Å². The Hall–Kier alpha value is -1.84. The van der Waals surface area contributed by atoms with E-state index < -0.39 is 0 Å². The number of aryl methyl sites for hydroxylation is 1. The number of fused-ring (bicyclic) bond motifs is 1. The van der Waals surface area contributed by atoms with E-state index in [1.807, 2.05) is 35.9 Å². The monoisotopic (exact) mass is 175 g/mol. The highest BCUT2D eigenvalue weighted by atomic mass is 16.4. The zero-order valence-corrected chi connectivity index (χ0v) is 7.18. The molecule has 0 atom stereocenters. The van der Waals surface area contributed by atoms with Crippen molar-refractivity contribution < 1.29 is 5.21 Å². The van der Waals surface area contributed by atoms with Gasteiger partial charge in [0, 0.05) is 12.4 Å². The molecule has 0 spiro atoms. The van der Waals surface area contributed by atoms with E-state index in [9.17, 15) is 0 Å². The van der Waals surface area contributed by atoms with Gasteiger partial charge in [0.1, 0.15) is 11.3 Å². The summed E-state index contributed by atoms with van der Waals surface area (Å²) in [4.78, 5) is 4.20. The van der Waals surface area contributed by atoms with Gasteiger partial charge >= 0.3 is 0 Å². The van der Waals surface area contributed by atoms with E-state index in [1.165, 1.54) is 6.21 Å². The van der Waals surface area contributed by atoms with Crippen molar-refractivity contribution in [3.05, 3.63) is 35.8 Å². The lowest BCUT2D eigenvalue weighted by atomic mass is 10.3. The van der Waals surface area contributed by atoms with Crippen LogP contribution in [0.15, 0.2) is 29.7 Å². The summed E-state index contributed by atoms with van der Waals surface area (Å²) in [5.74, 6) is 0. The molecule has 1 N–H and O–H groups in total. The third kappa shape index (κ3) is 1.38. The van der Waals surface area contributed by atoms with Crippen molar-refractivity contribution in [1.82, 2.24) is 9.38 Å². The summed E-state index contributed by atoms with van der Waals surface area (Å²) in [7, 11) is 0. The molecule has 2 heterocycles. The van der Waals surface area contributed by atoms with Crippen LogP contribution >= 0.6 is 0 Å². The average Bonchev–Trinajstić information content (AvgIpc) is 2.46. The molecule has 2 rings (SSSR count). The van der Waals surface area contributed by atoms with Crippen molar-refractivity contribution in [3.8, 4) is 0 Å². The van der Waals surface area contributed by atoms with Crippen LogP contribution in [0.3, 0.4) is 0 Å². The average molecular weight is 175 g/mol. The first kappa shape index (κ1) is 7.79. The van der Waals surface area contributed by atoms with Gasteiger partial charge in [-0.05, 0) is 18.6 Å². The second-order valence-electron chi connectivity index (χ2n) is 2.88. The summed E-state index contributed by atoms with van der Waals surface area (Å²) < 4.78 is 1.90. The molecule has 4 heteroatoms. The minimum Gasteiger partial charge on any atom is -0.411 e. The Morgan fingerprint density at radius 1 is 1.46 bits per heavy atom. The van der Waals surface area contributed by atoms with Crippen molar-refractivity contribution in [1.29, 1.82) is 0 Å². The Morgan fingerprint density at radius 2 is 2.31 bits per heavy atom. The lowest BCUT2D eigenvalue weighted by Gasteiger charge is -1.92. The summed E-state index contributed by atoms with van der Waals surface area (Å²) in [6, 6.07) is 3.91. The minimum absolute atomic E-state index is 0.646. The van der Waals surface area contributed by atoms with Gasteiger partial charge in [-0.2, -0.15) is 0 Å². The first-order chi connectivity index (χ1) is 6.29. The molecular formula is C9H9N3O. The maximum absolute atomic E-state index is 8.32. The molecule has 2 aromatic rings. The maximum Gasteiger partial charge on any atom is 0.137 e. The summed E-state index contributed by atoms with van der Waals surface area (Å²) in [5, 5.41) is 11.2. The molecule has 13 heavy (non-hydrogen) atoms. The summed E-state index contributed by atoms with van der Waals surface area (Å²) in [6.45, 7) is 2.01. The van der Waals surface area contributed by atoms with E-state index >= 15 is 0 Å². The third-order valence-corrected chi connectivity index (χ3v) is 1.81. The molecule has 0 aliphatic heterocycles. The zero-order chi connectivity index (χ0) is 9.26. The highest BCUT2D eigenvalue weighted by Gasteiger charge is 1.98. The van der Waals surface area contributed by atoms with Crippen LogP contribution < -0.4 is 0 Å². The molecule has 0 fully saturated rings. The number of oxime groups is 1. The zero-order valence-electron chi connectivity index (χ0n) is 7.18. The number of rotatable bonds is 1. The fourth-order valence-corrected chi connectivity index (χ4v) is 1.24. The Bertz CT molecular complexity index is 459. The molecule has 2 aromatic heterocycles. The van der Waals surface area contributed by atoms with Crippen LogP contribution in [0.4, 0.5) is 0 Å². The van der Waals surface area contributed by atoms with Gasteiger partial charge in [0.05, 0.1) is 6.21 Å². The molecule has 0 radical (unpaired) electrons. The van der Waals surface area contributed by atoms with Crippen LogP contribution in [-0.2, 0) is 0 Å². The molecule has 0 aliphatic carbocycles. The van der Waals surface area contributed by atoms with Crippen molar-refractivity contribution in [2.75, 3.05) is 0 Å². The van der Waals surface area contributed by atoms with Gasteiger partial charge in [-0.15, -0.1) is 0 Å². The normalized spacial score (nSPS) is 11.5. The van der Waals surface area contributed by atoms with Crippen molar-refractivity contribution in [2.24, 2.45) is 5.16 Å². The molecule has 0 saturated carbocycles. The lowest BCUT2D eigenvalue weighted by molar-refractivity contribution is 0.321. The number of imidazole rings is 1. The van der Waals surface area contributed by atoms with Gasteiger partial charge < -0.3 is 9.61 Å². The molecule has 0 aliphatic rings. The highest BCUT2D eigenvalue weighted by Crippen LogP contribution is 2.05. The standard InChI is InChI=1S/C9H9N3O/c1-7-2-3-9-11-8(4-10-13)6-12(9)5-7/h2-6,13H,1H3. The smallest absolute Gasteiger partial charge is 0.137 e. The van der Waals surface area contributed by atoms with Gasteiger partial charge in [-0.1, -0.05) is 11.2 Å². The van der Waals surface area contributed by atoms with Crippen LogP contribution in [0.25, 0.3) is 5.65 Å². The van der Waals surface area contributed by atoms with Crippen molar-refractivity contribution in [3.63, 3.8) is 0 Å². The summed E-state index contributed by atoms with van der Waals surface area (Å²) >= 11 is 0. The second kappa shape index (κ2) is 2.90. The van der Waals surface area contributed by atoms with Crippen LogP contribution in [0.5, 0.6) is 0 Å². The first-order valence-electron chi connectivity index (χ1n) is 3.92. The first-order valence-corrected chi connectivity index (χ1v) is 3.92. The van der Waals surface area contributed by atoms with Crippen LogP contribution in [0.1, 0.15) is 11.3 Å². The number of hydrogen-bond acceptors (Lipinski definition) is 3. The van der Waals surface area contributed by atoms with Crippen LogP contribution in [0.2, 0.25) is 0 Å². The molecule has 66 valence electrons. The van der Waals surface area contributed by atoms with E-state index in [4.69, 9.17) is 5.21 Å². The Kier molecular flexibility index (Phi) is 1.73.